The van der Waals surface area contributed by atoms with Gasteiger partial charge in [-0.2, -0.15) is 0 Å². The molecule has 0 aromatic carbocycles. The number of nitrogens with zero attached hydrogens (tertiary/aromatic N) is 3. The first-order valence-corrected chi connectivity index (χ1v) is 6.75. The highest BCUT2D eigenvalue weighted by atomic mass is 16.2. The van der Waals surface area contributed by atoms with E-state index in [2.05, 4.69) is 4.90 Å². The van der Waals surface area contributed by atoms with E-state index in [0.29, 0.717) is 13.1 Å². The Kier molecular flexibility index (Phi) is 3.89. The summed E-state index contributed by atoms with van der Waals surface area (Å²) in [5.41, 5.74) is 0. The maximum atomic E-state index is 12.4. The first-order valence-electron chi connectivity index (χ1n) is 6.75. The molecule has 19 heavy (non-hydrogen) atoms. The Balaban J connectivity index is 2.03. The zero-order valence-electron chi connectivity index (χ0n) is 11.8. The standard InChI is InChI=1S/C13H21N3O3/c1-9-8-11(17)16(12(9)18)10(2)13(19)15-6-4-14(3)5-7-15/h9-10H,4-8H2,1-3H3. The van der Waals surface area contributed by atoms with Gasteiger partial charge in [-0.3, -0.25) is 19.3 Å². The summed E-state index contributed by atoms with van der Waals surface area (Å²) in [6.45, 7) is 6.35. The van der Waals surface area contributed by atoms with Crippen molar-refractivity contribution in [1.82, 2.24) is 14.7 Å². The molecule has 0 saturated carbocycles. The number of carbonyl (C=O) groups is 3. The van der Waals surface area contributed by atoms with E-state index in [0.717, 1.165) is 18.0 Å². The number of hydrogen-bond donors (Lipinski definition) is 0. The lowest BCUT2D eigenvalue weighted by molar-refractivity contribution is -0.151. The lowest BCUT2D eigenvalue weighted by atomic mass is 10.1. The zero-order valence-corrected chi connectivity index (χ0v) is 11.8. The van der Waals surface area contributed by atoms with Gasteiger partial charge >= 0.3 is 0 Å². The minimum Gasteiger partial charge on any atom is -0.338 e. The summed E-state index contributed by atoms with van der Waals surface area (Å²) in [7, 11) is 2.01. The van der Waals surface area contributed by atoms with Crippen LogP contribution in [0.15, 0.2) is 0 Å². The second-order valence-corrected chi connectivity index (χ2v) is 5.51. The average Bonchev–Trinajstić information content (AvgIpc) is 2.62. The van der Waals surface area contributed by atoms with Crippen LogP contribution in [0.2, 0.25) is 0 Å². The van der Waals surface area contributed by atoms with E-state index in [1.807, 2.05) is 7.05 Å². The predicted octanol–water partition coefficient (Wildman–Crippen LogP) is -0.456. The van der Waals surface area contributed by atoms with Gasteiger partial charge in [0, 0.05) is 38.5 Å². The van der Waals surface area contributed by atoms with Crippen molar-refractivity contribution < 1.29 is 14.4 Å². The molecular weight excluding hydrogens is 246 g/mol. The summed E-state index contributed by atoms with van der Waals surface area (Å²) in [4.78, 5) is 41.1. The summed E-state index contributed by atoms with van der Waals surface area (Å²) in [5, 5.41) is 0. The fraction of sp³-hybridized carbons (Fsp3) is 0.769. The Morgan fingerprint density at radius 2 is 1.79 bits per heavy atom. The van der Waals surface area contributed by atoms with Crippen molar-refractivity contribution in [3.8, 4) is 0 Å². The summed E-state index contributed by atoms with van der Waals surface area (Å²) in [6.07, 6.45) is 0.221. The highest BCUT2D eigenvalue weighted by Crippen LogP contribution is 2.22. The van der Waals surface area contributed by atoms with Crippen LogP contribution in [0, 0.1) is 5.92 Å². The second-order valence-electron chi connectivity index (χ2n) is 5.51. The average molecular weight is 267 g/mol. The zero-order chi connectivity index (χ0) is 14.2. The fourth-order valence-corrected chi connectivity index (χ4v) is 2.62. The van der Waals surface area contributed by atoms with Crippen LogP contribution in [0.5, 0.6) is 0 Å². The molecule has 3 amide bonds. The van der Waals surface area contributed by atoms with Crippen molar-refractivity contribution in [3.05, 3.63) is 0 Å². The van der Waals surface area contributed by atoms with Crippen molar-refractivity contribution in [2.45, 2.75) is 26.3 Å². The largest absolute Gasteiger partial charge is 0.338 e. The van der Waals surface area contributed by atoms with E-state index in [4.69, 9.17) is 0 Å². The summed E-state index contributed by atoms with van der Waals surface area (Å²) < 4.78 is 0. The maximum absolute atomic E-state index is 12.4. The van der Waals surface area contributed by atoms with Gasteiger partial charge in [0.15, 0.2) is 0 Å². The Morgan fingerprint density at radius 1 is 1.21 bits per heavy atom. The molecule has 106 valence electrons. The van der Waals surface area contributed by atoms with Crippen LogP contribution in [0.25, 0.3) is 0 Å². The summed E-state index contributed by atoms with van der Waals surface area (Å²) >= 11 is 0. The topological polar surface area (TPSA) is 60.9 Å². The molecule has 0 aromatic heterocycles. The van der Waals surface area contributed by atoms with E-state index in [1.54, 1.807) is 18.7 Å². The third-order valence-corrected chi connectivity index (χ3v) is 3.97. The highest BCUT2D eigenvalue weighted by molar-refractivity contribution is 6.06. The number of likely N-dealkylation sites (N-methyl/N-ethyl adjacent to an activating group) is 1. The first kappa shape index (κ1) is 14.0. The Bertz CT molecular complexity index is 402. The van der Waals surface area contributed by atoms with Gasteiger partial charge in [0.25, 0.3) is 0 Å². The molecule has 2 aliphatic rings. The van der Waals surface area contributed by atoms with Crippen LogP contribution < -0.4 is 0 Å². The number of hydrogen-bond acceptors (Lipinski definition) is 4. The first-order chi connectivity index (χ1) is 8.91. The van der Waals surface area contributed by atoms with Gasteiger partial charge in [0.1, 0.15) is 6.04 Å². The van der Waals surface area contributed by atoms with Crippen LogP contribution in [0.4, 0.5) is 0 Å². The number of piperazine rings is 1. The van der Waals surface area contributed by atoms with Crippen LogP contribution in [0.3, 0.4) is 0 Å². The molecule has 0 bridgehead atoms. The number of likely N-dealkylation sites (tertiary alicyclic amines) is 1. The van der Waals surface area contributed by atoms with Gasteiger partial charge in [-0.15, -0.1) is 0 Å². The number of imide groups is 1. The molecule has 2 unspecified atom stereocenters. The molecule has 0 aromatic rings. The van der Waals surface area contributed by atoms with Crippen LogP contribution >= 0.6 is 0 Å². The molecule has 0 aliphatic carbocycles. The van der Waals surface area contributed by atoms with E-state index in [1.165, 1.54) is 0 Å². The van der Waals surface area contributed by atoms with Crippen molar-refractivity contribution >= 4 is 17.7 Å². The van der Waals surface area contributed by atoms with E-state index in [9.17, 15) is 14.4 Å². The normalized spacial score (nSPS) is 27.0. The quantitative estimate of drug-likeness (QED) is 0.635. The molecule has 2 heterocycles. The van der Waals surface area contributed by atoms with Gasteiger partial charge in [0.05, 0.1) is 0 Å². The molecule has 2 atom stereocenters. The van der Waals surface area contributed by atoms with E-state index >= 15 is 0 Å². The Labute approximate surface area is 113 Å². The minimum absolute atomic E-state index is 0.121. The third-order valence-electron chi connectivity index (χ3n) is 3.97. The SMILES string of the molecule is CC1CC(=O)N(C(C)C(=O)N2CCN(C)CC2)C1=O. The summed E-state index contributed by atoms with van der Waals surface area (Å²) in [5.74, 6) is -0.869. The Morgan fingerprint density at radius 3 is 2.26 bits per heavy atom. The Hall–Kier alpha value is -1.43. The molecule has 0 N–H and O–H groups in total. The molecule has 2 saturated heterocycles. The number of carbonyl (C=O) groups excluding carboxylic acids is 3. The van der Waals surface area contributed by atoms with Crippen molar-refractivity contribution in [3.63, 3.8) is 0 Å². The predicted molar refractivity (Wildman–Crippen MR) is 69.2 cm³/mol. The van der Waals surface area contributed by atoms with Crippen LogP contribution in [0.1, 0.15) is 20.3 Å². The van der Waals surface area contributed by atoms with Gasteiger partial charge in [-0.25, -0.2) is 0 Å². The molecule has 6 heteroatoms. The van der Waals surface area contributed by atoms with Gasteiger partial charge in [-0.1, -0.05) is 6.92 Å². The second kappa shape index (κ2) is 5.28. The van der Waals surface area contributed by atoms with E-state index in [-0.39, 0.29) is 30.1 Å². The minimum atomic E-state index is -0.673. The highest BCUT2D eigenvalue weighted by Gasteiger charge is 2.42. The molecule has 0 spiro atoms. The number of rotatable bonds is 2. The van der Waals surface area contributed by atoms with Crippen LogP contribution in [-0.4, -0.2) is 71.7 Å². The summed E-state index contributed by atoms with van der Waals surface area (Å²) in [6, 6.07) is -0.673. The van der Waals surface area contributed by atoms with Gasteiger partial charge < -0.3 is 9.80 Å². The molecule has 6 nitrogen and oxygen atoms in total. The smallest absolute Gasteiger partial charge is 0.245 e. The molecule has 2 aliphatic heterocycles. The molecule has 2 fully saturated rings. The maximum Gasteiger partial charge on any atom is 0.245 e. The lowest BCUT2D eigenvalue weighted by Crippen LogP contribution is -2.54. The fourth-order valence-electron chi connectivity index (χ4n) is 2.62. The number of amides is 3. The monoisotopic (exact) mass is 267 g/mol. The molecule has 0 radical (unpaired) electrons. The van der Waals surface area contributed by atoms with Crippen LogP contribution in [-0.2, 0) is 14.4 Å². The van der Waals surface area contributed by atoms with Gasteiger partial charge in [-0.05, 0) is 14.0 Å². The lowest BCUT2D eigenvalue weighted by Gasteiger charge is -2.35. The molecular formula is C13H21N3O3. The van der Waals surface area contributed by atoms with Crippen molar-refractivity contribution in [2.24, 2.45) is 5.92 Å². The molecule has 2 rings (SSSR count). The van der Waals surface area contributed by atoms with Gasteiger partial charge in [0.2, 0.25) is 17.7 Å². The van der Waals surface area contributed by atoms with Crippen molar-refractivity contribution in [1.29, 1.82) is 0 Å². The van der Waals surface area contributed by atoms with Crippen molar-refractivity contribution in [2.75, 3.05) is 33.2 Å². The van der Waals surface area contributed by atoms with E-state index < -0.39 is 6.04 Å². The third kappa shape index (κ3) is 2.63.